The van der Waals surface area contributed by atoms with E-state index in [2.05, 4.69) is 5.32 Å². The highest BCUT2D eigenvalue weighted by Crippen LogP contribution is 2.41. The van der Waals surface area contributed by atoms with Gasteiger partial charge in [0, 0.05) is 24.0 Å². The lowest BCUT2D eigenvalue weighted by Crippen LogP contribution is -2.43. The molecule has 0 aromatic heterocycles. The van der Waals surface area contributed by atoms with Crippen LogP contribution in [0.15, 0.2) is 42.5 Å². The van der Waals surface area contributed by atoms with E-state index < -0.39 is 41.2 Å². The van der Waals surface area contributed by atoms with Gasteiger partial charge in [-0.3, -0.25) is 9.69 Å². The normalized spacial score (nSPS) is 21.9. The highest BCUT2D eigenvalue weighted by molar-refractivity contribution is 5.75. The van der Waals surface area contributed by atoms with Gasteiger partial charge in [0.2, 0.25) is 5.91 Å². The number of nitrogens with one attached hydrogen (secondary N) is 1. The van der Waals surface area contributed by atoms with Gasteiger partial charge in [0.25, 0.3) is 0 Å². The lowest BCUT2D eigenvalue weighted by atomic mass is 9.89. The molecular formula is C24H26F7N3O. The van der Waals surface area contributed by atoms with Crippen LogP contribution in [-0.4, -0.2) is 36.5 Å². The Kier molecular flexibility index (Phi) is 7.80. The second kappa shape index (κ2) is 10.1. The number of rotatable bonds is 7. The molecule has 1 fully saturated rings. The minimum Gasteiger partial charge on any atom is -0.369 e. The Morgan fingerprint density at radius 2 is 1.57 bits per heavy atom. The zero-order valence-corrected chi connectivity index (χ0v) is 19.1. The fraction of sp³-hybridized carbons (Fsp3) is 0.458. The minimum absolute atomic E-state index is 0.0345. The van der Waals surface area contributed by atoms with Crippen molar-refractivity contribution in [3.8, 4) is 0 Å². The summed E-state index contributed by atoms with van der Waals surface area (Å²) in [4.78, 5) is 13.2. The monoisotopic (exact) mass is 505 g/mol. The molecule has 0 spiro atoms. The first kappa shape index (κ1) is 26.9. The average Bonchev–Trinajstić information content (AvgIpc) is 3.16. The number of likely N-dealkylation sites (N-methyl/N-ethyl adjacent to an activating group) is 1. The number of benzene rings is 2. The van der Waals surface area contributed by atoms with E-state index in [1.54, 1.807) is 24.1 Å². The molecule has 0 aliphatic heterocycles. The molecule has 35 heavy (non-hydrogen) atoms. The first-order valence-corrected chi connectivity index (χ1v) is 11.0. The van der Waals surface area contributed by atoms with Gasteiger partial charge >= 0.3 is 12.4 Å². The molecule has 2 aromatic carbocycles. The average molecular weight is 505 g/mol. The van der Waals surface area contributed by atoms with Crippen LogP contribution >= 0.6 is 0 Å². The highest BCUT2D eigenvalue weighted by atomic mass is 19.4. The van der Waals surface area contributed by atoms with Crippen molar-refractivity contribution in [1.29, 1.82) is 0 Å². The SMILES string of the molecule is C[C@H](NC1CCC(N(C)CC(N)=O)C1c1ccc(F)cc1)c1cc(C(F)(F)F)cc(C(F)(F)F)c1. The van der Waals surface area contributed by atoms with Gasteiger partial charge in [0.15, 0.2) is 0 Å². The summed E-state index contributed by atoms with van der Waals surface area (Å²) in [6.45, 7) is 1.46. The zero-order valence-electron chi connectivity index (χ0n) is 19.1. The Morgan fingerprint density at radius 3 is 2.06 bits per heavy atom. The summed E-state index contributed by atoms with van der Waals surface area (Å²) < 4.78 is 93.3. The van der Waals surface area contributed by atoms with E-state index in [0.29, 0.717) is 25.0 Å². The molecule has 3 rings (SSSR count). The number of hydrogen-bond acceptors (Lipinski definition) is 3. The Labute approximate surface area is 198 Å². The Balaban J connectivity index is 1.94. The minimum atomic E-state index is -4.94. The number of hydrogen-bond donors (Lipinski definition) is 2. The number of carbonyl (C=O) groups excluding carboxylic acids is 1. The van der Waals surface area contributed by atoms with E-state index in [4.69, 9.17) is 5.73 Å². The summed E-state index contributed by atoms with van der Waals surface area (Å²) >= 11 is 0. The molecule has 192 valence electrons. The van der Waals surface area contributed by atoms with Gasteiger partial charge in [-0.15, -0.1) is 0 Å². The Bertz CT molecular complexity index is 1000. The van der Waals surface area contributed by atoms with Crippen molar-refractivity contribution in [2.75, 3.05) is 13.6 Å². The van der Waals surface area contributed by atoms with Gasteiger partial charge < -0.3 is 11.1 Å². The number of amides is 1. The quantitative estimate of drug-likeness (QED) is 0.506. The molecule has 3 unspecified atom stereocenters. The molecule has 0 radical (unpaired) electrons. The molecule has 1 amide bonds. The maximum Gasteiger partial charge on any atom is 0.416 e. The van der Waals surface area contributed by atoms with Crippen LogP contribution in [0.4, 0.5) is 30.7 Å². The number of primary amides is 1. The lowest BCUT2D eigenvalue weighted by Gasteiger charge is -2.33. The van der Waals surface area contributed by atoms with Gasteiger partial charge in [-0.25, -0.2) is 4.39 Å². The van der Waals surface area contributed by atoms with Crippen molar-refractivity contribution < 1.29 is 35.5 Å². The van der Waals surface area contributed by atoms with E-state index in [1.807, 2.05) is 0 Å². The van der Waals surface area contributed by atoms with E-state index in [-0.39, 0.29) is 36.2 Å². The number of nitrogens with two attached hydrogens (primary N) is 1. The summed E-state index contributed by atoms with van der Waals surface area (Å²) in [5, 5.41) is 3.18. The van der Waals surface area contributed by atoms with Crippen LogP contribution in [-0.2, 0) is 17.1 Å². The van der Waals surface area contributed by atoms with E-state index >= 15 is 0 Å². The third-order valence-electron chi connectivity index (χ3n) is 6.42. The summed E-state index contributed by atoms with van der Waals surface area (Å²) in [5.41, 5.74) is 3.15. The van der Waals surface area contributed by atoms with Gasteiger partial charge in [-0.05, 0) is 68.3 Å². The summed E-state index contributed by atoms with van der Waals surface area (Å²) in [6.07, 6.45) is -8.76. The van der Waals surface area contributed by atoms with Gasteiger partial charge in [-0.1, -0.05) is 12.1 Å². The first-order valence-electron chi connectivity index (χ1n) is 11.0. The smallest absolute Gasteiger partial charge is 0.369 e. The standard InChI is InChI=1S/C24H26F7N3O/c1-13(15-9-16(23(26,27)28)11-17(10-15)24(29,30)31)33-19-7-8-20(34(2)12-21(32)35)22(19)14-3-5-18(25)6-4-14/h3-6,9-11,13,19-20,22,33H,7-8,12H2,1-2H3,(H2,32,35)/t13-,19?,20?,22?/m0/s1. The molecule has 1 saturated carbocycles. The predicted octanol–water partition coefficient (Wildman–Crippen LogP) is 5.25. The van der Waals surface area contributed by atoms with Gasteiger partial charge in [0.1, 0.15) is 5.82 Å². The van der Waals surface area contributed by atoms with Crippen LogP contribution < -0.4 is 11.1 Å². The Morgan fingerprint density at radius 1 is 1.03 bits per heavy atom. The van der Waals surface area contributed by atoms with Crippen LogP contribution in [0.5, 0.6) is 0 Å². The number of carbonyl (C=O) groups is 1. The fourth-order valence-electron chi connectivity index (χ4n) is 4.81. The largest absolute Gasteiger partial charge is 0.416 e. The molecular weight excluding hydrogens is 479 g/mol. The van der Waals surface area contributed by atoms with Crippen molar-refractivity contribution in [2.24, 2.45) is 5.73 Å². The molecule has 2 aromatic rings. The maximum atomic E-state index is 13.5. The van der Waals surface area contributed by atoms with Crippen molar-refractivity contribution in [3.63, 3.8) is 0 Å². The third kappa shape index (κ3) is 6.52. The predicted molar refractivity (Wildman–Crippen MR) is 116 cm³/mol. The van der Waals surface area contributed by atoms with E-state index in [9.17, 15) is 35.5 Å². The van der Waals surface area contributed by atoms with Crippen LogP contribution in [0, 0.1) is 5.82 Å². The number of halogens is 7. The van der Waals surface area contributed by atoms with Crippen molar-refractivity contribution in [3.05, 3.63) is 70.5 Å². The highest BCUT2D eigenvalue weighted by Gasteiger charge is 2.41. The maximum absolute atomic E-state index is 13.5. The van der Waals surface area contributed by atoms with Crippen molar-refractivity contribution in [2.45, 2.75) is 56.2 Å². The van der Waals surface area contributed by atoms with Crippen LogP contribution in [0.1, 0.15) is 54.0 Å². The number of nitrogens with zero attached hydrogens (tertiary/aromatic N) is 1. The van der Waals surface area contributed by atoms with Crippen LogP contribution in [0.2, 0.25) is 0 Å². The molecule has 1 aliphatic rings. The van der Waals surface area contributed by atoms with Gasteiger partial charge in [0.05, 0.1) is 17.7 Å². The van der Waals surface area contributed by atoms with Gasteiger partial charge in [-0.2, -0.15) is 26.3 Å². The lowest BCUT2D eigenvalue weighted by molar-refractivity contribution is -0.143. The van der Waals surface area contributed by atoms with E-state index in [1.165, 1.54) is 19.1 Å². The first-order chi connectivity index (χ1) is 16.2. The molecule has 0 saturated heterocycles. The third-order valence-corrected chi connectivity index (χ3v) is 6.42. The summed E-state index contributed by atoms with van der Waals surface area (Å²) in [5.74, 6) is -1.30. The van der Waals surface area contributed by atoms with Crippen molar-refractivity contribution >= 4 is 5.91 Å². The number of alkyl halides is 6. The summed E-state index contributed by atoms with van der Waals surface area (Å²) in [6, 6.07) is 5.84. The van der Waals surface area contributed by atoms with Crippen molar-refractivity contribution in [1.82, 2.24) is 10.2 Å². The van der Waals surface area contributed by atoms with Crippen LogP contribution in [0.3, 0.4) is 0 Å². The summed E-state index contributed by atoms with van der Waals surface area (Å²) in [7, 11) is 1.71. The topological polar surface area (TPSA) is 58.4 Å². The fourth-order valence-corrected chi connectivity index (χ4v) is 4.81. The second-order valence-corrected chi connectivity index (χ2v) is 8.94. The molecule has 4 atom stereocenters. The van der Waals surface area contributed by atoms with E-state index in [0.717, 1.165) is 5.56 Å². The zero-order chi connectivity index (χ0) is 26.1. The molecule has 11 heteroatoms. The van der Waals surface area contributed by atoms with Crippen LogP contribution in [0.25, 0.3) is 0 Å². The molecule has 3 N–H and O–H groups in total. The molecule has 4 nitrogen and oxygen atoms in total. The molecule has 0 bridgehead atoms. The molecule has 1 aliphatic carbocycles. The second-order valence-electron chi connectivity index (χ2n) is 8.94. The Hall–Kier alpha value is -2.66. The molecule has 0 heterocycles.